The minimum atomic E-state index is 0.506. The summed E-state index contributed by atoms with van der Waals surface area (Å²) in [7, 11) is 1.76. The zero-order chi connectivity index (χ0) is 11.9. The van der Waals surface area contributed by atoms with Crippen LogP contribution in [0.4, 0.5) is 0 Å². The van der Waals surface area contributed by atoms with Crippen LogP contribution in [0.1, 0.15) is 49.7 Å². The van der Waals surface area contributed by atoms with Crippen LogP contribution in [0.25, 0.3) is 0 Å². The first kappa shape index (κ1) is 11.1. The Bertz CT molecular complexity index is 400. The molecule has 0 atom stereocenters. The fraction of sp³-hybridized carbons (Fsp3) is 0.625. The average Bonchev–Trinajstić information content (AvgIpc) is 2.41. The minimum absolute atomic E-state index is 0.506. The number of aryl methyl sites for hydroxylation is 1. The van der Waals surface area contributed by atoms with Crippen LogP contribution in [0, 0.1) is 12.8 Å². The molecule has 3 saturated carbocycles. The smallest absolute Gasteiger partial charge is 0.121 e. The van der Waals surface area contributed by atoms with E-state index in [0.717, 1.165) is 11.7 Å². The number of methoxy groups -OCH3 is 1. The lowest BCUT2D eigenvalue weighted by Gasteiger charge is -2.47. The van der Waals surface area contributed by atoms with Gasteiger partial charge in [-0.25, -0.2) is 0 Å². The molecule has 0 spiro atoms. The zero-order valence-corrected chi connectivity index (χ0v) is 11.0. The second kappa shape index (κ2) is 4.04. The van der Waals surface area contributed by atoms with Crippen molar-refractivity contribution >= 4 is 0 Å². The number of fused-ring (bicyclic) bond motifs is 3. The monoisotopic (exact) mass is 230 g/mol. The van der Waals surface area contributed by atoms with E-state index >= 15 is 0 Å². The maximum Gasteiger partial charge on any atom is 0.121 e. The van der Waals surface area contributed by atoms with Crippen LogP contribution in [0.3, 0.4) is 0 Å². The molecule has 3 aliphatic rings. The third kappa shape index (κ3) is 1.76. The highest BCUT2D eigenvalue weighted by atomic mass is 16.5. The van der Waals surface area contributed by atoms with Gasteiger partial charge in [-0.15, -0.1) is 0 Å². The summed E-state index contributed by atoms with van der Waals surface area (Å²) in [5.41, 5.74) is 3.35. The van der Waals surface area contributed by atoms with E-state index in [0.29, 0.717) is 5.41 Å². The average molecular weight is 230 g/mol. The number of benzene rings is 1. The summed E-state index contributed by atoms with van der Waals surface area (Å²) in [5.74, 6) is 2.06. The van der Waals surface area contributed by atoms with Gasteiger partial charge in [-0.3, -0.25) is 0 Å². The van der Waals surface area contributed by atoms with Crippen molar-refractivity contribution < 1.29 is 4.74 Å². The molecule has 1 nitrogen and oxygen atoms in total. The highest BCUT2D eigenvalue weighted by molar-refractivity contribution is 5.40. The van der Waals surface area contributed by atoms with E-state index in [-0.39, 0.29) is 0 Å². The lowest BCUT2D eigenvalue weighted by Crippen LogP contribution is -2.37. The molecule has 0 heterocycles. The van der Waals surface area contributed by atoms with Crippen molar-refractivity contribution in [3.63, 3.8) is 0 Å². The van der Waals surface area contributed by atoms with Crippen LogP contribution in [0.5, 0.6) is 5.75 Å². The number of hydrogen-bond donors (Lipinski definition) is 0. The highest BCUT2D eigenvalue weighted by Crippen LogP contribution is 2.52. The van der Waals surface area contributed by atoms with E-state index in [1.165, 1.54) is 44.1 Å². The fourth-order valence-corrected chi connectivity index (χ4v) is 3.89. The molecule has 0 unspecified atom stereocenters. The molecule has 0 saturated heterocycles. The predicted molar refractivity (Wildman–Crippen MR) is 70.6 cm³/mol. The van der Waals surface area contributed by atoms with Crippen LogP contribution >= 0.6 is 0 Å². The van der Waals surface area contributed by atoms with Crippen LogP contribution in [0.15, 0.2) is 18.2 Å². The number of ether oxygens (including phenoxy) is 1. The Kier molecular flexibility index (Phi) is 2.65. The fourth-order valence-electron chi connectivity index (χ4n) is 3.89. The highest BCUT2D eigenvalue weighted by Gasteiger charge is 2.41. The lowest BCUT2D eigenvalue weighted by molar-refractivity contribution is 0.136. The molecule has 0 radical (unpaired) electrons. The van der Waals surface area contributed by atoms with Crippen LogP contribution in [-0.4, -0.2) is 7.11 Å². The van der Waals surface area contributed by atoms with E-state index < -0.39 is 0 Å². The van der Waals surface area contributed by atoms with E-state index in [2.05, 4.69) is 25.1 Å². The molecule has 3 aliphatic carbocycles. The summed E-state index contributed by atoms with van der Waals surface area (Å²) in [5, 5.41) is 0. The first-order chi connectivity index (χ1) is 8.23. The Morgan fingerprint density at radius 1 is 1.12 bits per heavy atom. The molecule has 4 rings (SSSR count). The standard InChI is InChI=1S/C16H22O/c1-12-11-14(3-4-15(12)17-2)16-8-5-13(6-9-16)7-10-16/h3-4,11,13H,5-10H2,1-2H3. The third-order valence-electron chi connectivity index (χ3n) is 5.10. The largest absolute Gasteiger partial charge is 0.496 e. The van der Waals surface area contributed by atoms with Gasteiger partial charge < -0.3 is 4.74 Å². The van der Waals surface area contributed by atoms with Crippen molar-refractivity contribution in [1.82, 2.24) is 0 Å². The Morgan fingerprint density at radius 3 is 2.29 bits per heavy atom. The lowest BCUT2D eigenvalue weighted by atomic mass is 9.58. The van der Waals surface area contributed by atoms with Gasteiger partial charge in [0.05, 0.1) is 7.11 Å². The van der Waals surface area contributed by atoms with Crippen LogP contribution in [0.2, 0.25) is 0 Å². The van der Waals surface area contributed by atoms with Crippen molar-refractivity contribution in [3.8, 4) is 5.75 Å². The van der Waals surface area contributed by atoms with E-state index in [4.69, 9.17) is 4.74 Å². The normalized spacial score (nSPS) is 31.5. The Balaban J connectivity index is 1.95. The minimum Gasteiger partial charge on any atom is -0.496 e. The van der Waals surface area contributed by atoms with E-state index in [1.807, 2.05) is 0 Å². The van der Waals surface area contributed by atoms with Gasteiger partial charge in [-0.05, 0) is 74.0 Å². The van der Waals surface area contributed by atoms with Crippen molar-refractivity contribution in [2.24, 2.45) is 5.92 Å². The third-order valence-corrected chi connectivity index (χ3v) is 5.10. The summed E-state index contributed by atoms with van der Waals surface area (Å²) in [6, 6.07) is 6.82. The quantitative estimate of drug-likeness (QED) is 0.739. The van der Waals surface area contributed by atoms with E-state index in [9.17, 15) is 0 Å². The molecule has 0 aliphatic heterocycles. The summed E-state index contributed by atoms with van der Waals surface area (Å²) < 4.78 is 5.36. The summed E-state index contributed by atoms with van der Waals surface area (Å²) in [4.78, 5) is 0. The van der Waals surface area contributed by atoms with Crippen molar-refractivity contribution in [3.05, 3.63) is 29.3 Å². The maximum absolute atomic E-state index is 5.36. The molecule has 17 heavy (non-hydrogen) atoms. The first-order valence-electron chi connectivity index (χ1n) is 6.89. The molecule has 1 aromatic carbocycles. The Hall–Kier alpha value is -0.980. The van der Waals surface area contributed by atoms with Gasteiger partial charge in [0.1, 0.15) is 5.75 Å². The zero-order valence-electron chi connectivity index (χ0n) is 11.0. The van der Waals surface area contributed by atoms with Gasteiger partial charge >= 0.3 is 0 Å². The SMILES string of the molecule is COc1ccc(C23CCC(CC2)CC3)cc1C. The first-order valence-corrected chi connectivity index (χ1v) is 6.89. The van der Waals surface area contributed by atoms with Crippen molar-refractivity contribution in [2.75, 3.05) is 7.11 Å². The summed E-state index contributed by atoms with van der Waals surface area (Å²) in [6.07, 6.45) is 8.57. The molecule has 0 N–H and O–H groups in total. The second-order valence-electron chi connectivity index (χ2n) is 5.95. The molecule has 0 aromatic heterocycles. The topological polar surface area (TPSA) is 9.23 Å². The second-order valence-corrected chi connectivity index (χ2v) is 5.95. The van der Waals surface area contributed by atoms with Gasteiger partial charge in [0.2, 0.25) is 0 Å². The van der Waals surface area contributed by atoms with Gasteiger partial charge in [0.25, 0.3) is 0 Å². The van der Waals surface area contributed by atoms with E-state index in [1.54, 1.807) is 12.7 Å². The van der Waals surface area contributed by atoms with Crippen LogP contribution < -0.4 is 4.74 Å². The molecule has 92 valence electrons. The molecule has 3 fully saturated rings. The summed E-state index contributed by atoms with van der Waals surface area (Å²) in [6.45, 7) is 2.16. The molecular weight excluding hydrogens is 208 g/mol. The maximum atomic E-state index is 5.36. The Morgan fingerprint density at radius 2 is 1.76 bits per heavy atom. The molecular formula is C16H22O. The molecule has 2 bridgehead atoms. The van der Waals surface area contributed by atoms with Gasteiger partial charge in [0.15, 0.2) is 0 Å². The van der Waals surface area contributed by atoms with Gasteiger partial charge in [-0.1, -0.05) is 12.1 Å². The predicted octanol–water partition coefficient (Wildman–Crippen LogP) is 4.23. The molecule has 1 heteroatoms. The number of rotatable bonds is 2. The van der Waals surface area contributed by atoms with Crippen molar-refractivity contribution in [2.45, 2.75) is 50.9 Å². The Labute approximate surface area is 104 Å². The van der Waals surface area contributed by atoms with Gasteiger partial charge in [-0.2, -0.15) is 0 Å². The van der Waals surface area contributed by atoms with Gasteiger partial charge in [0, 0.05) is 0 Å². The summed E-state index contributed by atoms with van der Waals surface area (Å²) >= 11 is 0. The molecule has 1 aromatic rings. The van der Waals surface area contributed by atoms with Crippen molar-refractivity contribution in [1.29, 1.82) is 0 Å². The number of hydrogen-bond acceptors (Lipinski definition) is 1. The molecule has 0 amide bonds. The van der Waals surface area contributed by atoms with Crippen LogP contribution in [-0.2, 0) is 5.41 Å².